The summed E-state index contributed by atoms with van der Waals surface area (Å²) in [7, 11) is 1.91. The van der Waals surface area contributed by atoms with Crippen molar-refractivity contribution in [1.82, 2.24) is 14.8 Å². The summed E-state index contributed by atoms with van der Waals surface area (Å²) < 4.78 is 13.8. The second kappa shape index (κ2) is 10.3. The molecule has 1 saturated heterocycles. The molecule has 28 heavy (non-hydrogen) atoms. The quantitative estimate of drug-likeness (QED) is 0.699. The third-order valence-corrected chi connectivity index (χ3v) is 5.57. The van der Waals surface area contributed by atoms with Crippen molar-refractivity contribution < 1.29 is 9.18 Å². The fourth-order valence-corrected chi connectivity index (χ4v) is 3.96. The molecule has 1 aromatic heterocycles. The molecule has 1 aliphatic heterocycles. The maximum Gasteiger partial charge on any atom is 0.222 e. The van der Waals surface area contributed by atoms with Gasteiger partial charge in [-0.3, -0.25) is 9.78 Å². The van der Waals surface area contributed by atoms with Gasteiger partial charge in [-0.15, -0.1) is 0 Å². The lowest BCUT2D eigenvalue weighted by atomic mass is 9.96. The van der Waals surface area contributed by atoms with Crippen LogP contribution in [-0.4, -0.2) is 53.9 Å². The van der Waals surface area contributed by atoms with Gasteiger partial charge in [0, 0.05) is 45.5 Å². The number of hydrogen-bond acceptors (Lipinski definition) is 3. The van der Waals surface area contributed by atoms with Crippen LogP contribution in [0.4, 0.5) is 4.39 Å². The van der Waals surface area contributed by atoms with E-state index in [2.05, 4.69) is 9.88 Å². The Balaban J connectivity index is 1.42. The first-order valence-corrected chi connectivity index (χ1v) is 10.2. The Hall–Kier alpha value is -2.27. The molecule has 0 unspecified atom stereocenters. The van der Waals surface area contributed by atoms with E-state index in [9.17, 15) is 9.18 Å². The lowest BCUT2D eigenvalue weighted by Gasteiger charge is -2.34. The van der Waals surface area contributed by atoms with Crippen LogP contribution in [0.5, 0.6) is 0 Å². The lowest BCUT2D eigenvalue weighted by Crippen LogP contribution is -2.42. The number of carbonyl (C=O) groups is 1. The number of halogens is 1. The highest BCUT2D eigenvalue weighted by atomic mass is 19.1. The molecule has 4 nitrogen and oxygen atoms in total. The molecule has 5 heteroatoms. The molecule has 2 heterocycles. The summed E-state index contributed by atoms with van der Waals surface area (Å²) in [6, 6.07) is 10.9. The first-order valence-electron chi connectivity index (χ1n) is 10.2. The molecular formula is C23H30FN3O. The van der Waals surface area contributed by atoms with Gasteiger partial charge < -0.3 is 9.80 Å². The molecule has 2 aromatic rings. The number of hydrogen-bond donors (Lipinski definition) is 0. The van der Waals surface area contributed by atoms with Crippen molar-refractivity contribution >= 4 is 5.91 Å². The van der Waals surface area contributed by atoms with Crippen molar-refractivity contribution in [2.75, 3.05) is 33.2 Å². The number of benzene rings is 1. The molecule has 1 fully saturated rings. The molecule has 150 valence electrons. The summed E-state index contributed by atoms with van der Waals surface area (Å²) in [4.78, 5) is 20.9. The highest BCUT2D eigenvalue weighted by molar-refractivity contribution is 5.76. The summed E-state index contributed by atoms with van der Waals surface area (Å²) in [6.07, 6.45) is 7.85. The van der Waals surface area contributed by atoms with Crippen LogP contribution in [0.3, 0.4) is 0 Å². The van der Waals surface area contributed by atoms with Crippen LogP contribution in [0.15, 0.2) is 48.8 Å². The lowest BCUT2D eigenvalue weighted by molar-refractivity contribution is -0.130. The zero-order chi connectivity index (χ0) is 19.8. The summed E-state index contributed by atoms with van der Waals surface area (Å²) in [5, 5.41) is 0. The van der Waals surface area contributed by atoms with Gasteiger partial charge in [0.05, 0.1) is 0 Å². The average Bonchev–Trinajstić information content (AvgIpc) is 2.72. The Labute approximate surface area is 167 Å². The zero-order valence-electron chi connectivity index (χ0n) is 16.7. The first-order chi connectivity index (χ1) is 13.6. The number of aryl methyl sites for hydroxylation is 1. The maximum absolute atomic E-state index is 13.8. The molecule has 1 atom stereocenters. The third-order valence-electron chi connectivity index (χ3n) is 5.57. The van der Waals surface area contributed by atoms with Crippen LogP contribution in [0.2, 0.25) is 0 Å². The SMILES string of the molecule is CN(C[C@@H]1CCCN(CCc2ccccc2F)C1)C(=O)CCc1cccnc1. The normalized spacial score (nSPS) is 17.4. The number of nitrogens with zero attached hydrogens (tertiary/aromatic N) is 3. The maximum atomic E-state index is 13.8. The second-order valence-electron chi connectivity index (χ2n) is 7.79. The van der Waals surface area contributed by atoms with Crippen LogP contribution < -0.4 is 0 Å². The second-order valence-corrected chi connectivity index (χ2v) is 7.79. The van der Waals surface area contributed by atoms with E-state index in [0.29, 0.717) is 12.3 Å². The zero-order valence-corrected chi connectivity index (χ0v) is 16.7. The first kappa shape index (κ1) is 20.5. The van der Waals surface area contributed by atoms with Gasteiger partial charge in [-0.25, -0.2) is 4.39 Å². The molecule has 0 saturated carbocycles. The van der Waals surface area contributed by atoms with Crippen LogP contribution >= 0.6 is 0 Å². The average molecular weight is 384 g/mol. The Morgan fingerprint density at radius 2 is 2.11 bits per heavy atom. The van der Waals surface area contributed by atoms with Gasteiger partial charge in [-0.05, 0) is 61.4 Å². The van der Waals surface area contributed by atoms with Crippen molar-refractivity contribution in [1.29, 1.82) is 0 Å². The highest BCUT2D eigenvalue weighted by Gasteiger charge is 2.22. The smallest absolute Gasteiger partial charge is 0.222 e. The van der Waals surface area contributed by atoms with Gasteiger partial charge in [-0.2, -0.15) is 0 Å². The number of carbonyl (C=O) groups excluding carboxylic acids is 1. The van der Waals surface area contributed by atoms with Crippen molar-refractivity contribution in [2.45, 2.75) is 32.1 Å². The van der Waals surface area contributed by atoms with Gasteiger partial charge in [-0.1, -0.05) is 24.3 Å². The van der Waals surface area contributed by atoms with E-state index >= 15 is 0 Å². The van der Waals surface area contributed by atoms with E-state index in [1.54, 1.807) is 12.3 Å². The number of pyridine rings is 1. The summed E-state index contributed by atoms with van der Waals surface area (Å²) in [5.41, 5.74) is 1.88. The van der Waals surface area contributed by atoms with Crippen LogP contribution in [0, 0.1) is 11.7 Å². The topological polar surface area (TPSA) is 36.4 Å². The van der Waals surface area contributed by atoms with Crippen molar-refractivity contribution in [3.63, 3.8) is 0 Å². The van der Waals surface area contributed by atoms with E-state index < -0.39 is 0 Å². The molecule has 0 N–H and O–H groups in total. The molecule has 1 aromatic carbocycles. The molecule has 0 spiro atoms. The monoisotopic (exact) mass is 383 g/mol. The standard InChI is InChI=1S/C23H30FN3O/c1-26(23(28)11-10-19-6-4-13-25-16-19)17-20-7-5-14-27(18-20)15-12-21-8-2-3-9-22(21)24/h2-4,6,8-9,13,16,20H,5,7,10-12,14-15,17-18H2,1H3/t20-/m0/s1. The van der Waals surface area contributed by atoms with Gasteiger partial charge in [0.2, 0.25) is 5.91 Å². The van der Waals surface area contributed by atoms with Gasteiger partial charge >= 0.3 is 0 Å². The van der Waals surface area contributed by atoms with E-state index in [4.69, 9.17) is 0 Å². The van der Waals surface area contributed by atoms with Crippen LogP contribution in [-0.2, 0) is 17.6 Å². The predicted molar refractivity (Wildman–Crippen MR) is 109 cm³/mol. The fraction of sp³-hybridized carbons (Fsp3) is 0.478. The Morgan fingerprint density at radius 1 is 1.25 bits per heavy atom. The van der Waals surface area contributed by atoms with Crippen molar-refractivity contribution in [3.8, 4) is 0 Å². The molecule has 1 amide bonds. The van der Waals surface area contributed by atoms with Gasteiger partial charge in [0.15, 0.2) is 0 Å². The molecule has 0 radical (unpaired) electrons. The molecule has 0 aliphatic carbocycles. The minimum Gasteiger partial charge on any atom is -0.345 e. The third kappa shape index (κ3) is 6.13. The Morgan fingerprint density at radius 3 is 2.89 bits per heavy atom. The number of rotatable bonds is 8. The summed E-state index contributed by atoms with van der Waals surface area (Å²) >= 11 is 0. The predicted octanol–water partition coefficient (Wildman–Crippen LogP) is 3.57. The van der Waals surface area contributed by atoms with E-state index in [1.807, 2.05) is 42.4 Å². The highest BCUT2D eigenvalue weighted by Crippen LogP contribution is 2.19. The molecule has 1 aliphatic rings. The number of amides is 1. The van der Waals surface area contributed by atoms with Gasteiger partial charge in [0.25, 0.3) is 0 Å². The summed E-state index contributed by atoms with van der Waals surface area (Å²) in [5.74, 6) is 0.559. The number of piperidine rings is 1. The van der Waals surface area contributed by atoms with Crippen molar-refractivity contribution in [3.05, 3.63) is 65.7 Å². The number of aromatic nitrogens is 1. The van der Waals surface area contributed by atoms with Crippen molar-refractivity contribution in [2.24, 2.45) is 5.92 Å². The van der Waals surface area contributed by atoms with Gasteiger partial charge in [0.1, 0.15) is 5.82 Å². The Kier molecular flexibility index (Phi) is 7.54. The number of likely N-dealkylation sites (tertiary alicyclic amines) is 1. The molecular weight excluding hydrogens is 353 g/mol. The van der Waals surface area contributed by atoms with E-state index in [1.165, 1.54) is 6.07 Å². The minimum atomic E-state index is -0.116. The van der Waals surface area contributed by atoms with Crippen LogP contribution in [0.25, 0.3) is 0 Å². The summed E-state index contributed by atoms with van der Waals surface area (Å²) in [6.45, 7) is 3.70. The molecule has 0 bridgehead atoms. The molecule has 3 rings (SSSR count). The fourth-order valence-electron chi connectivity index (χ4n) is 3.96. The Bertz CT molecular complexity index is 753. The largest absolute Gasteiger partial charge is 0.345 e. The van der Waals surface area contributed by atoms with E-state index in [0.717, 1.165) is 63.0 Å². The van der Waals surface area contributed by atoms with E-state index in [-0.39, 0.29) is 11.7 Å². The van der Waals surface area contributed by atoms with Crippen LogP contribution in [0.1, 0.15) is 30.4 Å². The minimum absolute atomic E-state index is 0.116.